The highest BCUT2D eigenvalue weighted by Crippen LogP contribution is 2.15. The van der Waals surface area contributed by atoms with Gasteiger partial charge < -0.3 is 15.8 Å². The van der Waals surface area contributed by atoms with Crippen molar-refractivity contribution in [3.63, 3.8) is 0 Å². The summed E-state index contributed by atoms with van der Waals surface area (Å²) in [6, 6.07) is 16.4. The van der Waals surface area contributed by atoms with Crippen molar-refractivity contribution in [3.05, 3.63) is 59.7 Å². The van der Waals surface area contributed by atoms with Crippen LogP contribution in [0.4, 0.5) is 5.69 Å². The fourth-order valence-electron chi connectivity index (χ4n) is 1.81. The molecule has 0 atom stereocenters. The molecular weight excluding hydrogens is 266 g/mol. The Kier molecular flexibility index (Phi) is 4.78. The number of benzene rings is 2. The average Bonchev–Trinajstić information content (AvgIpc) is 2.52. The number of ether oxygens (including phenoxy) is 1. The Bertz CT molecular complexity index is 660. The number of hydrogen-bond acceptors (Lipinski definition) is 4. The van der Waals surface area contributed by atoms with E-state index in [9.17, 15) is 4.79 Å². The molecule has 1 amide bonds. The van der Waals surface area contributed by atoms with Gasteiger partial charge in [-0.15, -0.1) is 0 Å². The summed E-state index contributed by atoms with van der Waals surface area (Å²) in [5.74, 6) is 0.216. The molecular formula is C16H15N3O2. The van der Waals surface area contributed by atoms with Crippen molar-refractivity contribution in [2.75, 3.05) is 11.9 Å². The summed E-state index contributed by atoms with van der Waals surface area (Å²) in [7, 11) is 0. The van der Waals surface area contributed by atoms with Crippen LogP contribution in [0.15, 0.2) is 48.5 Å². The molecule has 2 rings (SSSR count). The van der Waals surface area contributed by atoms with Crippen LogP contribution < -0.4 is 15.8 Å². The van der Waals surface area contributed by atoms with Gasteiger partial charge in [0.05, 0.1) is 0 Å². The Balaban J connectivity index is 1.95. The van der Waals surface area contributed by atoms with E-state index in [1.807, 2.05) is 36.4 Å². The van der Waals surface area contributed by atoms with Gasteiger partial charge in [0, 0.05) is 17.8 Å². The van der Waals surface area contributed by atoms with Gasteiger partial charge in [0.15, 0.2) is 6.61 Å². The van der Waals surface area contributed by atoms with Crippen LogP contribution in [0.5, 0.6) is 5.75 Å². The van der Waals surface area contributed by atoms with Gasteiger partial charge in [0.2, 0.25) is 5.91 Å². The smallest absolute Gasteiger partial charge is 0.248 e. The van der Waals surface area contributed by atoms with E-state index in [0.29, 0.717) is 17.9 Å². The van der Waals surface area contributed by atoms with Gasteiger partial charge in [-0.1, -0.05) is 18.2 Å². The Hall–Kier alpha value is -3.00. The summed E-state index contributed by atoms with van der Waals surface area (Å²) in [6.45, 7) is 0.651. The van der Waals surface area contributed by atoms with Crippen LogP contribution >= 0.6 is 0 Å². The third-order valence-electron chi connectivity index (χ3n) is 2.87. The lowest BCUT2D eigenvalue weighted by molar-refractivity contribution is 0.100. The number of nitrogens with one attached hydrogen (secondary N) is 1. The second-order valence-corrected chi connectivity index (χ2v) is 4.39. The SMILES string of the molecule is N#CCOc1ccc(CNc2cccc(C(N)=O)c2)cc1. The fourth-order valence-corrected chi connectivity index (χ4v) is 1.81. The minimum atomic E-state index is -0.447. The second-order valence-electron chi connectivity index (χ2n) is 4.39. The van der Waals surface area contributed by atoms with E-state index in [1.54, 1.807) is 18.2 Å². The highest BCUT2D eigenvalue weighted by molar-refractivity contribution is 5.93. The molecule has 0 saturated heterocycles. The number of carbonyl (C=O) groups excluding carboxylic acids is 1. The van der Waals surface area contributed by atoms with Crippen molar-refractivity contribution in [2.24, 2.45) is 5.73 Å². The van der Waals surface area contributed by atoms with Crippen molar-refractivity contribution in [3.8, 4) is 11.8 Å². The normalized spacial score (nSPS) is 9.67. The summed E-state index contributed by atoms with van der Waals surface area (Å²) < 4.78 is 5.18. The van der Waals surface area contributed by atoms with E-state index < -0.39 is 5.91 Å². The lowest BCUT2D eigenvalue weighted by atomic mass is 10.1. The number of anilines is 1. The molecule has 0 aromatic heterocycles. The lowest BCUT2D eigenvalue weighted by Crippen LogP contribution is -2.11. The molecule has 0 unspecified atom stereocenters. The molecule has 2 aromatic carbocycles. The molecule has 21 heavy (non-hydrogen) atoms. The van der Waals surface area contributed by atoms with Gasteiger partial charge in [-0.05, 0) is 35.9 Å². The van der Waals surface area contributed by atoms with Gasteiger partial charge >= 0.3 is 0 Å². The van der Waals surface area contributed by atoms with Crippen LogP contribution in [0.3, 0.4) is 0 Å². The summed E-state index contributed by atoms with van der Waals surface area (Å²) in [5, 5.41) is 11.7. The predicted octanol–water partition coefficient (Wildman–Crippen LogP) is 2.30. The maximum atomic E-state index is 11.1. The van der Waals surface area contributed by atoms with Crippen LogP contribution in [0.1, 0.15) is 15.9 Å². The molecule has 106 valence electrons. The molecule has 0 bridgehead atoms. The first-order valence-electron chi connectivity index (χ1n) is 6.41. The number of rotatable bonds is 6. The van der Waals surface area contributed by atoms with E-state index in [-0.39, 0.29) is 6.61 Å². The van der Waals surface area contributed by atoms with E-state index in [1.165, 1.54) is 0 Å². The van der Waals surface area contributed by atoms with E-state index in [0.717, 1.165) is 11.3 Å². The monoisotopic (exact) mass is 281 g/mol. The van der Waals surface area contributed by atoms with Crippen LogP contribution in [0.2, 0.25) is 0 Å². The Morgan fingerprint density at radius 1 is 1.24 bits per heavy atom. The number of carbonyl (C=O) groups is 1. The molecule has 0 aliphatic carbocycles. The third-order valence-corrected chi connectivity index (χ3v) is 2.87. The number of hydrogen-bond donors (Lipinski definition) is 2. The molecule has 0 heterocycles. The number of nitriles is 1. The van der Waals surface area contributed by atoms with Gasteiger partial charge in [0.25, 0.3) is 0 Å². The standard InChI is InChI=1S/C16H15N3O2/c17-8-9-21-15-6-4-12(5-7-15)11-19-14-3-1-2-13(10-14)16(18)20/h1-7,10,19H,9,11H2,(H2,18,20). The van der Waals surface area contributed by atoms with Crippen molar-refractivity contribution < 1.29 is 9.53 Å². The molecule has 5 heteroatoms. The van der Waals surface area contributed by atoms with Gasteiger partial charge in [-0.3, -0.25) is 4.79 Å². The number of amides is 1. The van der Waals surface area contributed by atoms with Crippen LogP contribution in [-0.4, -0.2) is 12.5 Å². The molecule has 0 aliphatic rings. The van der Waals surface area contributed by atoms with Crippen molar-refractivity contribution >= 4 is 11.6 Å². The van der Waals surface area contributed by atoms with E-state index in [2.05, 4.69) is 5.32 Å². The first-order chi connectivity index (χ1) is 10.2. The quantitative estimate of drug-likeness (QED) is 0.850. The van der Waals surface area contributed by atoms with Gasteiger partial charge in [-0.25, -0.2) is 0 Å². The molecule has 0 fully saturated rings. The van der Waals surface area contributed by atoms with E-state index >= 15 is 0 Å². The molecule has 3 N–H and O–H groups in total. The first-order valence-corrected chi connectivity index (χ1v) is 6.41. The molecule has 0 saturated carbocycles. The van der Waals surface area contributed by atoms with Gasteiger partial charge in [-0.2, -0.15) is 5.26 Å². The average molecular weight is 281 g/mol. The maximum absolute atomic E-state index is 11.1. The third kappa shape index (κ3) is 4.25. The molecule has 0 aliphatic heterocycles. The predicted molar refractivity (Wildman–Crippen MR) is 79.8 cm³/mol. The van der Waals surface area contributed by atoms with Crippen LogP contribution in [0, 0.1) is 11.3 Å². The fraction of sp³-hybridized carbons (Fsp3) is 0.125. The topological polar surface area (TPSA) is 88.1 Å². The number of nitrogens with two attached hydrogens (primary N) is 1. The highest BCUT2D eigenvalue weighted by atomic mass is 16.5. The summed E-state index contributed by atoms with van der Waals surface area (Å²) >= 11 is 0. The number of nitrogens with zero attached hydrogens (tertiary/aromatic N) is 1. The van der Waals surface area contributed by atoms with Gasteiger partial charge in [0.1, 0.15) is 11.8 Å². The zero-order valence-corrected chi connectivity index (χ0v) is 11.4. The lowest BCUT2D eigenvalue weighted by Gasteiger charge is -2.08. The Labute approximate surface area is 123 Å². The molecule has 2 aromatic rings. The minimum Gasteiger partial charge on any atom is -0.479 e. The summed E-state index contributed by atoms with van der Waals surface area (Å²) in [4.78, 5) is 11.1. The molecule has 0 radical (unpaired) electrons. The summed E-state index contributed by atoms with van der Waals surface area (Å²) in [5.41, 5.74) is 7.60. The molecule has 5 nitrogen and oxygen atoms in total. The Morgan fingerprint density at radius 3 is 2.67 bits per heavy atom. The van der Waals surface area contributed by atoms with Crippen molar-refractivity contribution in [1.29, 1.82) is 5.26 Å². The van der Waals surface area contributed by atoms with E-state index in [4.69, 9.17) is 15.7 Å². The highest BCUT2D eigenvalue weighted by Gasteiger charge is 2.01. The summed E-state index contributed by atoms with van der Waals surface area (Å²) in [6.07, 6.45) is 0. The van der Waals surface area contributed by atoms with Crippen LogP contribution in [-0.2, 0) is 6.54 Å². The zero-order chi connectivity index (χ0) is 15.1. The number of primary amides is 1. The van der Waals surface area contributed by atoms with Crippen LogP contribution in [0.25, 0.3) is 0 Å². The van der Waals surface area contributed by atoms with Crippen molar-refractivity contribution in [2.45, 2.75) is 6.54 Å². The Morgan fingerprint density at radius 2 is 2.00 bits per heavy atom. The zero-order valence-electron chi connectivity index (χ0n) is 11.4. The first kappa shape index (κ1) is 14.4. The minimum absolute atomic E-state index is 0.0392. The largest absolute Gasteiger partial charge is 0.479 e. The second kappa shape index (κ2) is 6.96. The van der Waals surface area contributed by atoms with Crippen molar-refractivity contribution in [1.82, 2.24) is 0 Å². The maximum Gasteiger partial charge on any atom is 0.248 e. The molecule has 0 spiro atoms.